The summed E-state index contributed by atoms with van der Waals surface area (Å²) in [4.78, 5) is 0. The van der Waals surface area contributed by atoms with Gasteiger partial charge in [0, 0.05) is 0 Å². The summed E-state index contributed by atoms with van der Waals surface area (Å²) in [6, 6.07) is 2.02. The Hall–Kier alpha value is 7.05. The van der Waals surface area contributed by atoms with Crippen molar-refractivity contribution in [1.82, 2.24) is 0 Å². The molecule has 0 saturated heterocycles. The number of hydrogen-bond donors (Lipinski definition) is 0. The summed E-state index contributed by atoms with van der Waals surface area (Å²) in [5, 5.41) is 0. The minimum Gasteiger partial charge on any atom is -0.0943 e. The van der Waals surface area contributed by atoms with Gasteiger partial charge in [-0.05, 0) is 40.8 Å². The topological polar surface area (TPSA) is 0 Å². The van der Waals surface area contributed by atoms with Crippen LogP contribution in [0, 0.1) is 0 Å². The molecule has 0 amide bonds. The maximum absolute atomic E-state index is 6.90. The van der Waals surface area contributed by atoms with Gasteiger partial charge >= 0.3 is 0 Å². The second-order valence-corrected chi connectivity index (χ2v) is 28.3. The highest BCUT2D eigenvalue weighted by atomic mass is 35.6. The van der Waals surface area contributed by atoms with Crippen molar-refractivity contribution >= 4 is 313 Å². The first-order valence-electron chi connectivity index (χ1n) is 11.3. The molecule has 0 radical (unpaired) electrons. The van der Waals surface area contributed by atoms with Crippen LogP contribution in [0.1, 0.15) is 35.6 Å². The van der Waals surface area contributed by atoms with E-state index < -0.39 is 67.1 Å². The summed E-state index contributed by atoms with van der Waals surface area (Å²) in [6.07, 6.45) is 0.129. The summed E-state index contributed by atoms with van der Waals surface area (Å²) < 4.78 is -33.8. The van der Waals surface area contributed by atoms with Crippen LogP contribution in [0.25, 0.3) is 0 Å². The third-order valence-corrected chi connectivity index (χ3v) is 22.6. The van der Waals surface area contributed by atoms with Gasteiger partial charge in [-0.1, -0.05) is 327 Å². The Morgan fingerprint density at radius 1 is 0.354 bits per heavy atom. The van der Waals surface area contributed by atoms with Crippen molar-refractivity contribution in [3.8, 4) is 0 Å². The van der Waals surface area contributed by atoms with Crippen molar-refractivity contribution < 1.29 is 0 Å². The van der Waals surface area contributed by atoms with Crippen molar-refractivity contribution in [2.75, 3.05) is 0 Å². The van der Waals surface area contributed by atoms with Crippen LogP contribution in [0.2, 0.25) is 0 Å². The molecule has 0 saturated carbocycles. The summed E-state index contributed by atoms with van der Waals surface area (Å²) in [7, 11) is 0. The largest absolute Gasteiger partial charge is 0.226 e. The second kappa shape index (κ2) is 16.8. The van der Waals surface area contributed by atoms with Gasteiger partial charge in [0.15, 0.2) is 26.0 Å². The first kappa shape index (κ1) is 53.1. The molecule has 0 aromatic heterocycles. The van der Waals surface area contributed by atoms with E-state index in [-0.39, 0.29) is 18.4 Å². The average molecular weight is 1220 g/mol. The molecule has 0 unspecified atom stereocenters. The lowest BCUT2D eigenvalue weighted by atomic mass is 9.86. The van der Waals surface area contributed by atoms with E-state index in [1.807, 2.05) is 0 Å². The van der Waals surface area contributed by atoms with Gasteiger partial charge < -0.3 is 0 Å². The van der Waals surface area contributed by atoms with Crippen LogP contribution < -0.4 is 0 Å². The molecular formula is C21H9Cl27. The molecule has 0 heterocycles. The number of benzene rings is 1. The molecule has 282 valence electrons. The Bertz CT molecular complexity index is 1250. The minimum atomic E-state index is -2.92. The SMILES string of the molecule is CCCc1c(C(Cl)(Cl)C(Cl)(Cl)C(Cl)(Cl)C(Cl)(Cl)Cl)cc(C(Cl)(Cl)C(Cl)(Cl)C(Cl)(Cl)C(Cl)(Cl)Cl)cc1C(Cl)(Cl)C(Cl)(Cl)C(Cl)(Cl)C(Cl)(Cl)Cl. The maximum Gasteiger partial charge on any atom is 0.226 e. The van der Waals surface area contributed by atoms with Gasteiger partial charge in [0.1, 0.15) is 0 Å². The smallest absolute Gasteiger partial charge is 0.0943 e. The fraction of sp³-hybridized carbons (Fsp3) is 0.714. The number of rotatable bonds is 11. The van der Waals surface area contributed by atoms with Gasteiger partial charge in [0.05, 0.1) is 0 Å². The number of hydrogen-bond acceptors (Lipinski definition) is 0. The third-order valence-electron chi connectivity index (χ3n) is 6.22. The van der Waals surface area contributed by atoms with Gasteiger partial charge in [-0.3, -0.25) is 0 Å². The Morgan fingerprint density at radius 3 is 0.792 bits per heavy atom. The fourth-order valence-electron chi connectivity index (χ4n) is 3.58. The van der Waals surface area contributed by atoms with Crippen LogP contribution in [-0.2, 0) is 19.4 Å². The number of halogens is 27. The molecule has 1 aromatic rings. The normalized spacial score (nSPS) is 16.1. The van der Waals surface area contributed by atoms with Gasteiger partial charge in [0.25, 0.3) is 0 Å². The molecular weight excluding hydrogens is 1210 g/mol. The fourth-order valence-corrected chi connectivity index (χ4v) is 10.4. The van der Waals surface area contributed by atoms with Crippen LogP contribution in [0.4, 0.5) is 0 Å². The summed E-state index contributed by atoms with van der Waals surface area (Å²) in [5.41, 5.74) is -1.50. The standard InChI is InChI=1S/C21H9Cl27/c1-2-3-7-8(11(24,25)14(30,31)17(36,37)20(43,44)45)4-6(10(22,23)13(28,29)16(34,35)19(40,41)42)5-9(7)12(26,27)15(32,33)18(38,39)21(46,47)48/h4-5H,2-3H2,1H3. The Kier molecular flexibility index (Phi) is 18.6. The van der Waals surface area contributed by atoms with Crippen LogP contribution in [0.5, 0.6) is 0 Å². The molecule has 0 bridgehead atoms. The minimum absolute atomic E-state index is 0.0993. The first-order chi connectivity index (χ1) is 20.5. The van der Waals surface area contributed by atoms with Crippen LogP contribution in [0.15, 0.2) is 12.1 Å². The predicted octanol–water partition coefficient (Wildman–Crippen LogP) is 18.7. The molecule has 0 nitrogen and oxygen atoms in total. The zero-order valence-electron chi connectivity index (χ0n) is 21.8. The van der Waals surface area contributed by atoms with Crippen LogP contribution in [0.3, 0.4) is 0 Å². The number of alkyl halides is 27. The molecule has 0 aliphatic rings. The molecule has 0 N–H and O–H groups in total. The predicted molar refractivity (Wildman–Crippen MR) is 228 cm³/mol. The highest BCUT2D eigenvalue weighted by Gasteiger charge is 2.73. The lowest BCUT2D eigenvalue weighted by Gasteiger charge is -2.48. The Balaban J connectivity index is 4.74. The molecule has 1 aromatic carbocycles. The van der Waals surface area contributed by atoms with E-state index in [0.29, 0.717) is 0 Å². The lowest BCUT2D eigenvalue weighted by molar-refractivity contribution is 0.572. The zero-order chi connectivity index (χ0) is 39.1. The monoisotopic (exact) mass is 1210 g/mol. The summed E-state index contributed by atoms with van der Waals surface area (Å²) >= 11 is 173. The molecule has 1 rings (SSSR count). The second-order valence-electron chi connectivity index (χ2n) is 9.46. The molecule has 0 fully saturated rings. The van der Waals surface area contributed by atoms with E-state index in [9.17, 15) is 0 Å². The quantitative estimate of drug-likeness (QED) is 0.194. The van der Waals surface area contributed by atoms with Crippen molar-refractivity contribution in [2.45, 2.75) is 70.1 Å². The maximum atomic E-state index is 6.90. The molecule has 0 spiro atoms. The van der Waals surface area contributed by atoms with E-state index in [1.165, 1.54) is 0 Å². The van der Waals surface area contributed by atoms with Crippen LogP contribution >= 0.6 is 313 Å². The van der Waals surface area contributed by atoms with Crippen LogP contribution in [-0.4, -0.2) is 37.4 Å². The molecule has 48 heavy (non-hydrogen) atoms. The Morgan fingerprint density at radius 2 is 0.583 bits per heavy atom. The highest BCUT2D eigenvalue weighted by molar-refractivity contribution is 6.82. The van der Waals surface area contributed by atoms with Crippen molar-refractivity contribution in [3.63, 3.8) is 0 Å². The van der Waals surface area contributed by atoms with E-state index in [4.69, 9.17) is 313 Å². The van der Waals surface area contributed by atoms with E-state index in [0.717, 1.165) is 12.1 Å². The average Bonchev–Trinajstić information content (AvgIpc) is 2.85. The van der Waals surface area contributed by atoms with Gasteiger partial charge in [-0.15, -0.1) is 0 Å². The van der Waals surface area contributed by atoms with Crippen molar-refractivity contribution in [1.29, 1.82) is 0 Å². The summed E-state index contributed by atoms with van der Waals surface area (Å²) in [5.74, 6) is 0. The summed E-state index contributed by atoms with van der Waals surface area (Å²) in [6.45, 7) is 1.68. The molecule has 0 aliphatic carbocycles. The molecule has 0 atom stereocenters. The van der Waals surface area contributed by atoms with E-state index >= 15 is 0 Å². The highest BCUT2D eigenvalue weighted by Crippen LogP contribution is 2.70. The first-order valence-corrected chi connectivity index (χ1v) is 21.5. The lowest BCUT2D eigenvalue weighted by Crippen LogP contribution is -2.57. The van der Waals surface area contributed by atoms with Gasteiger partial charge in [-0.2, -0.15) is 0 Å². The van der Waals surface area contributed by atoms with Gasteiger partial charge in [-0.25, -0.2) is 0 Å². The van der Waals surface area contributed by atoms with E-state index in [1.54, 1.807) is 6.92 Å². The Labute approximate surface area is 411 Å². The van der Waals surface area contributed by atoms with E-state index in [2.05, 4.69) is 0 Å². The third kappa shape index (κ3) is 9.19. The van der Waals surface area contributed by atoms with Crippen molar-refractivity contribution in [3.05, 3.63) is 34.4 Å². The zero-order valence-corrected chi connectivity index (χ0v) is 42.2. The molecule has 0 aliphatic heterocycles. The molecule has 27 heteroatoms. The van der Waals surface area contributed by atoms with Gasteiger partial charge in [0.2, 0.25) is 24.4 Å². The van der Waals surface area contributed by atoms with Crippen molar-refractivity contribution in [2.24, 2.45) is 0 Å².